The van der Waals surface area contributed by atoms with Crippen molar-refractivity contribution in [1.29, 1.82) is 0 Å². The van der Waals surface area contributed by atoms with Crippen LogP contribution >= 0.6 is 11.8 Å². The SMILES string of the molecule is O=C(CCC(=O)N1CCSc2ccccc21)NCCC1CCCO1. The third kappa shape index (κ3) is 4.51. The molecule has 1 atom stereocenters. The first-order valence-electron chi connectivity index (χ1n) is 8.64. The topological polar surface area (TPSA) is 58.6 Å². The number of ether oxygens (including phenoxy) is 1. The molecule has 0 aliphatic carbocycles. The summed E-state index contributed by atoms with van der Waals surface area (Å²) in [6.45, 7) is 2.17. The maximum atomic E-state index is 12.5. The second-order valence-electron chi connectivity index (χ2n) is 6.14. The van der Waals surface area contributed by atoms with Crippen molar-refractivity contribution in [2.45, 2.75) is 43.1 Å². The minimum Gasteiger partial charge on any atom is -0.378 e. The molecule has 5 nitrogen and oxygen atoms in total. The molecule has 2 aliphatic heterocycles. The van der Waals surface area contributed by atoms with E-state index in [-0.39, 0.29) is 30.8 Å². The fourth-order valence-electron chi connectivity index (χ4n) is 3.12. The smallest absolute Gasteiger partial charge is 0.227 e. The number of hydrogen-bond acceptors (Lipinski definition) is 4. The van der Waals surface area contributed by atoms with Crippen molar-refractivity contribution in [2.24, 2.45) is 0 Å². The molecule has 24 heavy (non-hydrogen) atoms. The lowest BCUT2D eigenvalue weighted by Crippen LogP contribution is -2.36. The number of anilines is 1. The van der Waals surface area contributed by atoms with E-state index in [2.05, 4.69) is 5.32 Å². The largest absolute Gasteiger partial charge is 0.378 e. The molecule has 2 amide bonds. The minimum absolute atomic E-state index is 0.0250. The van der Waals surface area contributed by atoms with E-state index in [9.17, 15) is 9.59 Å². The van der Waals surface area contributed by atoms with E-state index in [1.807, 2.05) is 29.2 Å². The second kappa shape index (κ2) is 8.53. The van der Waals surface area contributed by atoms with Crippen LogP contribution < -0.4 is 10.2 Å². The van der Waals surface area contributed by atoms with Gasteiger partial charge in [-0.2, -0.15) is 0 Å². The Balaban J connectivity index is 1.41. The van der Waals surface area contributed by atoms with E-state index in [1.165, 1.54) is 0 Å². The second-order valence-corrected chi connectivity index (χ2v) is 7.27. The highest BCUT2D eigenvalue weighted by Crippen LogP contribution is 2.34. The average molecular weight is 348 g/mol. The number of thioether (sulfide) groups is 1. The molecular formula is C18H24N2O3S. The van der Waals surface area contributed by atoms with Gasteiger partial charge in [0, 0.05) is 43.2 Å². The summed E-state index contributed by atoms with van der Waals surface area (Å²) in [5.41, 5.74) is 0.970. The zero-order valence-electron chi connectivity index (χ0n) is 13.8. The lowest BCUT2D eigenvalue weighted by Gasteiger charge is -2.29. The van der Waals surface area contributed by atoms with Gasteiger partial charge in [-0.1, -0.05) is 12.1 Å². The van der Waals surface area contributed by atoms with Crippen molar-refractivity contribution < 1.29 is 14.3 Å². The molecule has 0 saturated carbocycles. The van der Waals surface area contributed by atoms with Crippen molar-refractivity contribution in [2.75, 3.05) is 30.3 Å². The van der Waals surface area contributed by atoms with Gasteiger partial charge in [0.1, 0.15) is 0 Å². The van der Waals surface area contributed by atoms with Crippen molar-refractivity contribution in [3.8, 4) is 0 Å². The van der Waals surface area contributed by atoms with E-state index in [1.54, 1.807) is 11.8 Å². The monoisotopic (exact) mass is 348 g/mol. The summed E-state index contributed by atoms with van der Waals surface area (Å²) < 4.78 is 5.53. The number of rotatable bonds is 6. The summed E-state index contributed by atoms with van der Waals surface area (Å²) in [4.78, 5) is 27.3. The standard InChI is InChI=1S/C18H24N2O3S/c21-17(19-10-9-14-4-3-12-23-14)7-8-18(22)20-11-13-24-16-6-2-1-5-15(16)20/h1-2,5-6,14H,3-4,7-13H2,(H,19,21). The van der Waals surface area contributed by atoms with Crippen LogP contribution in [0.4, 0.5) is 5.69 Å². The predicted octanol–water partition coefficient (Wildman–Crippen LogP) is 2.59. The van der Waals surface area contributed by atoms with Gasteiger partial charge >= 0.3 is 0 Å². The summed E-state index contributed by atoms with van der Waals surface area (Å²) in [6.07, 6.45) is 3.84. The molecule has 1 N–H and O–H groups in total. The summed E-state index contributed by atoms with van der Waals surface area (Å²) in [5, 5.41) is 2.89. The molecule has 0 aromatic heterocycles. The van der Waals surface area contributed by atoms with E-state index >= 15 is 0 Å². The Morgan fingerprint density at radius 1 is 1.29 bits per heavy atom. The minimum atomic E-state index is -0.0546. The molecule has 0 radical (unpaired) electrons. The maximum absolute atomic E-state index is 12.5. The predicted molar refractivity (Wildman–Crippen MR) is 95.4 cm³/mol. The number of benzene rings is 1. The lowest BCUT2D eigenvalue weighted by molar-refractivity contribution is -0.125. The summed E-state index contributed by atoms with van der Waals surface area (Å²) in [7, 11) is 0. The van der Waals surface area contributed by atoms with Crippen molar-refractivity contribution >= 4 is 29.3 Å². The number of nitrogens with zero attached hydrogens (tertiary/aromatic N) is 1. The lowest BCUT2D eigenvalue weighted by atomic mass is 10.2. The zero-order valence-corrected chi connectivity index (χ0v) is 14.6. The summed E-state index contributed by atoms with van der Waals surface area (Å²) in [5.74, 6) is 0.870. The molecular weight excluding hydrogens is 324 g/mol. The summed E-state index contributed by atoms with van der Waals surface area (Å²) >= 11 is 1.77. The molecule has 3 rings (SSSR count). The van der Waals surface area contributed by atoms with Gasteiger partial charge in [-0.05, 0) is 31.4 Å². The van der Waals surface area contributed by atoms with E-state index < -0.39 is 0 Å². The number of amides is 2. The summed E-state index contributed by atoms with van der Waals surface area (Å²) in [6, 6.07) is 7.95. The van der Waals surface area contributed by atoms with Gasteiger partial charge in [-0.3, -0.25) is 9.59 Å². The number of carbonyl (C=O) groups excluding carboxylic acids is 2. The third-order valence-corrected chi connectivity index (χ3v) is 5.45. The molecule has 2 aliphatic rings. The normalized spacial score (nSPS) is 19.8. The van der Waals surface area contributed by atoms with Crippen LogP contribution in [0.2, 0.25) is 0 Å². The molecule has 0 spiro atoms. The van der Waals surface area contributed by atoms with Crippen LogP contribution in [0.25, 0.3) is 0 Å². The number of para-hydroxylation sites is 1. The highest BCUT2D eigenvalue weighted by Gasteiger charge is 2.23. The molecule has 1 saturated heterocycles. The van der Waals surface area contributed by atoms with Crippen LogP contribution in [0, 0.1) is 0 Å². The highest BCUT2D eigenvalue weighted by molar-refractivity contribution is 7.99. The molecule has 1 fully saturated rings. The Hall–Kier alpha value is -1.53. The number of fused-ring (bicyclic) bond motifs is 1. The highest BCUT2D eigenvalue weighted by atomic mass is 32.2. The van der Waals surface area contributed by atoms with Crippen LogP contribution in [0.3, 0.4) is 0 Å². The van der Waals surface area contributed by atoms with E-state index in [0.717, 1.165) is 42.2 Å². The van der Waals surface area contributed by atoms with Gasteiger partial charge in [-0.15, -0.1) is 11.8 Å². The zero-order chi connectivity index (χ0) is 16.8. The van der Waals surface area contributed by atoms with E-state index in [0.29, 0.717) is 13.1 Å². The van der Waals surface area contributed by atoms with Crippen LogP contribution in [-0.4, -0.2) is 43.4 Å². The van der Waals surface area contributed by atoms with Gasteiger partial charge in [-0.25, -0.2) is 0 Å². The molecule has 1 aromatic rings. The molecule has 6 heteroatoms. The fourth-order valence-corrected chi connectivity index (χ4v) is 4.11. The first kappa shape index (κ1) is 17.3. The average Bonchev–Trinajstić information content (AvgIpc) is 3.12. The van der Waals surface area contributed by atoms with Crippen LogP contribution in [0.1, 0.15) is 32.1 Å². The molecule has 1 aromatic carbocycles. The molecule has 0 bridgehead atoms. The van der Waals surface area contributed by atoms with Crippen LogP contribution in [0.15, 0.2) is 29.2 Å². The number of carbonyl (C=O) groups is 2. The first-order chi connectivity index (χ1) is 11.7. The van der Waals surface area contributed by atoms with Gasteiger partial charge in [0.25, 0.3) is 0 Å². The van der Waals surface area contributed by atoms with Gasteiger partial charge < -0.3 is 15.0 Å². The number of hydrogen-bond donors (Lipinski definition) is 1. The Morgan fingerprint density at radius 3 is 3.00 bits per heavy atom. The maximum Gasteiger partial charge on any atom is 0.227 e. The number of nitrogens with one attached hydrogen (secondary N) is 1. The Bertz CT molecular complexity index is 587. The van der Waals surface area contributed by atoms with Crippen LogP contribution in [-0.2, 0) is 14.3 Å². The van der Waals surface area contributed by atoms with Gasteiger partial charge in [0.2, 0.25) is 11.8 Å². The Kier molecular flexibility index (Phi) is 6.15. The quantitative estimate of drug-likeness (QED) is 0.858. The van der Waals surface area contributed by atoms with Gasteiger partial charge in [0.15, 0.2) is 0 Å². The third-order valence-electron chi connectivity index (χ3n) is 4.41. The van der Waals surface area contributed by atoms with Crippen molar-refractivity contribution in [1.82, 2.24) is 5.32 Å². The fraction of sp³-hybridized carbons (Fsp3) is 0.556. The Labute approximate surface area is 147 Å². The molecule has 1 unspecified atom stereocenters. The van der Waals surface area contributed by atoms with Crippen LogP contribution in [0.5, 0.6) is 0 Å². The van der Waals surface area contributed by atoms with Crippen molar-refractivity contribution in [3.63, 3.8) is 0 Å². The first-order valence-corrected chi connectivity index (χ1v) is 9.63. The Morgan fingerprint density at radius 2 is 2.17 bits per heavy atom. The van der Waals surface area contributed by atoms with Gasteiger partial charge in [0.05, 0.1) is 11.8 Å². The van der Waals surface area contributed by atoms with Crippen molar-refractivity contribution in [3.05, 3.63) is 24.3 Å². The molecule has 2 heterocycles. The molecule has 130 valence electrons. The van der Waals surface area contributed by atoms with E-state index in [4.69, 9.17) is 4.74 Å².